The van der Waals surface area contributed by atoms with Gasteiger partial charge in [0.05, 0.1) is 7.11 Å². The van der Waals surface area contributed by atoms with Gasteiger partial charge in [0, 0.05) is 17.1 Å². The molecule has 0 spiro atoms. The molecule has 5 nitrogen and oxygen atoms in total. The van der Waals surface area contributed by atoms with Crippen LogP contribution in [0.3, 0.4) is 0 Å². The predicted octanol–water partition coefficient (Wildman–Crippen LogP) is 1.16. The average Bonchev–Trinajstić information content (AvgIpc) is 2.69. The van der Waals surface area contributed by atoms with Crippen LogP contribution in [0.2, 0.25) is 0 Å². The Morgan fingerprint density at radius 1 is 1.53 bits per heavy atom. The highest BCUT2D eigenvalue weighted by atomic mass is 16.5. The zero-order valence-corrected chi connectivity index (χ0v) is 7.98. The summed E-state index contributed by atoms with van der Waals surface area (Å²) in [6, 6.07) is 3.18. The van der Waals surface area contributed by atoms with Crippen LogP contribution < -0.4 is 0 Å². The Hall–Kier alpha value is -2.17. The number of nitrogens with zero attached hydrogens (tertiary/aromatic N) is 1. The molecule has 0 atom stereocenters. The molecule has 0 aromatic carbocycles. The van der Waals surface area contributed by atoms with Crippen molar-refractivity contribution in [3.63, 3.8) is 0 Å². The fourth-order valence-corrected chi connectivity index (χ4v) is 1.34. The fraction of sp³-hybridized carbons (Fsp3) is 0.100. The molecule has 0 unspecified atom stereocenters. The van der Waals surface area contributed by atoms with E-state index in [0.29, 0.717) is 16.6 Å². The largest absolute Gasteiger partial charge is 0.464 e. The minimum Gasteiger partial charge on any atom is -0.464 e. The first-order valence-electron chi connectivity index (χ1n) is 4.28. The van der Waals surface area contributed by atoms with E-state index in [1.165, 1.54) is 13.2 Å². The number of hydrogen-bond acceptors (Lipinski definition) is 4. The van der Waals surface area contributed by atoms with Gasteiger partial charge in [0.1, 0.15) is 5.65 Å². The van der Waals surface area contributed by atoms with Gasteiger partial charge in [0.25, 0.3) is 0 Å². The third-order valence-electron chi connectivity index (χ3n) is 2.09. The van der Waals surface area contributed by atoms with Crippen molar-refractivity contribution in [1.82, 2.24) is 9.97 Å². The van der Waals surface area contributed by atoms with Crippen LogP contribution in [-0.4, -0.2) is 29.3 Å². The Bertz CT molecular complexity index is 530. The van der Waals surface area contributed by atoms with Crippen molar-refractivity contribution in [1.29, 1.82) is 0 Å². The topological polar surface area (TPSA) is 72.1 Å². The standard InChI is InChI=1S/C10H8N2O3/c1-15-10(14)8-3-2-7-6(5-13)4-11-9(7)12-8/h2-5H,1H3,(H,11,12). The summed E-state index contributed by atoms with van der Waals surface area (Å²) in [5.41, 5.74) is 1.23. The number of methoxy groups -OCH3 is 1. The summed E-state index contributed by atoms with van der Waals surface area (Å²) >= 11 is 0. The molecule has 0 bridgehead atoms. The van der Waals surface area contributed by atoms with Crippen molar-refractivity contribution >= 4 is 23.3 Å². The van der Waals surface area contributed by atoms with Gasteiger partial charge in [-0.25, -0.2) is 9.78 Å². The number of rotatable bonds is 2. The third kappa shape index (κ3) is 1.48. The number of nitrogens with one attached hydrogen (secondary N) is 1. The van der Waals surface area contributed by atoms with Crippen LogP contribution in [0.4, 0.5) is 0 Å². The van der Waals surface area contributed by atoms with Crippen LogP contribution in [0.25, 0.3) is 11.0 Å². The lowest BCUT2D eigenvalue weighted by molar-refractivity contribution is 0.0594. The summed E-state index contributed by atoms with van der Waals surface area (Å²) in [7, 11) is 1.29. The summed E-state index contributed by atoms with van der Waals surface area (Å²) in [6.45, 7) is 0. The second-order valence-electron chi connectivity index (χ2n) is 2.95. The molecular weight excluding hydrogens is 196 g/mol. The van der Waals surface area contributed by atoms with Crippen molar-refractivity contribution < 1.29 is 14.3 Å². The molecule has 1 N–H and O–H groups in total. The van der Waals surface area contributed by atoms with Crippen LogP contribution >= 0.6 is 0 Å². The number of aldehydes is 1. The molecule has 0 aliphatic carbocycles. The Morgan fingerprint density at radius 2 is 2.33 bits per heavy atom. The van der Waals surface area contributed by atoms with E-state index in [1.807, 2.05) is 0 Å². The number of hydrogen-bond donors (Lipinski definition) is 1. The van der Waals surface area contributed by atoms with Crippen molar-refractivity contribution in [3.05, 3.63) is 29.6 Å². The molecule has 2 rings (SSSR count). The molecule has 2 aromatic rings. The number of carbonyl (C=O) groups excluding carboxylic acids is 2. The molecule has 2 heterocycles. The molecule has 0 aliphatic heterocycles. The maximum atomic E-state index is 11.2. The number of fused-ring (bicyclic) bond motifs is 1. The second kappa shape index (κ2) is 3.53. The first-order chi connectivity index (χ1) is 7.26. The number of pyridine rings is 1. The normalized spacial score (nSPS) is 10.2. The molecule has 0 radical (unpaired) electrons. The van der Waals surface area contributed by atoms with E-state index in [1.54, 1.807) is 12.3 Å². The van der Waals surface area contributed by atoms with Gasteiger partial charge in [-0.2, -0.15) is 0 Å². The molecule has 0 fully saturated rings. The summed E-state index contributed by atoms with van der Waals surface area (Å²) < 4.78 is 4.53. The van der Waals surface area contributed by atoms with Gasteiger partial charge in [-0.3, -0.25) is 4.79 Å². The van der Waals surface area contributed by atoms with Crippen LogP contribution in [0.5, 0.6) is 0 Å². The third-order valence-corrected chi connectivity index (χ3v) is 2.09. The van der Waals surface area contributed by atoms with E-state index in [9.17, 15) is 9.59 Å². The van der Waals surface area contributed by atoms with Gasteiger partial charge in [0.15, 0.2) is 12.0 Å². The lowest BCUT2D eigenvalue weighted by Gasteiger charge is -1.97. The van der Waals surface area contributed by atoms with E-state index in [0.717, 1.165) is 6.29 Å². The lowest BCUT2D eigenvalue weighted by atomic mass is 10.2. The number of aromatic nitrogens is 2. The van der Waals surface area contributed by atoms with Gasteiger partial charge in [-0.1, -0.05) is 0 Å². The van der Waals surface area contributed by atoms with Crippen molar-refractivity contribution in [2.75, 3.05) is 7.11 Å². The zero-order chi connectivity index (χ0) is 10.8. The first kappa shape index (κ1) is 9.39. The maximum absolute atomic E-state index is 11.2. The molecule has 0 saturated heterocycles. The molecule has 0 saturated carbocycles. The molecule has 15 heavy (non-hydrogen) atoms. The molecule has 0 amide bonds. The Kier molecular flexibility index (Phi) is 2.21. The Labute approximate surface area is 85.1 Å². The maximum Gasteiger partial charge on any atom is 0.356 e. The van der Waals surface area contributed by atoms with E-state index in [-0.39, 0.29) is 5.69 Å². The monoisotopic (exact) mass is 204 g/mol. The molecule has 0 aliphatic rings. The van der Waals surface area contributed by atoms with Crippen LogP contribution in [0.1, 0.15) is 20.8 Å². The summed E-state index contributed by atoms with van der Waals surface area (Å²) in [5, 5.41) is 0.692. The SMILES string of the molecule is COC(=O)c1ccc2c(C=O)c[nH]c2n1. The molecule has 76 valence electrons. The van der Waals surface area contributed by atoms with E-state index < -0.39 is 5.97 Å². The zero-order valence-electron chi connectivity index (χ0n) is 7.98. The number of H-pyrrole nitrogens is 1. The molecule has 5 heteroatoms. The Morgan fingerprint density at radius 3 is 3.00 bits per heavy atom. The second-order valence-corrected chi connectivity index (χ2v) is 2.95. The van der Waals surface area contributed by atoms with Gasteiger partial charge in [-0.15, -0.1) is 0 Å². The molecular formula is C10H8N2O3. The number of aromatic amines is 1. The number of esters is 1. The van der Waals surface area contributed by atoms with Crippen molar-refractivity contribution in [2.45, 2.75) is 0 Å². The van der Waals surface area contributed by atoms with Gasteiger partial charge < -0.3 is 9.72 Å². The van der Waals surface area contributed by atoms with Crippen molar-refractivity contribution in [2.24, 2.45) is 0 Å². The highest BCUT2D eigenvalue weighted by Crippen LogP contribution is 2.15. The van der Waals surface area contributed by atoms with E-state index >= 15 is 0 Å². The van der Waals surface area contributed by atoms with Gasteiger partial charge >= 0.3 is 5.97 Å². The van der Waals surface area contributed by atoms with Gasteiger partial charge in [0.2, 0.25) is 0 Å². The highest BCUT2D eigenvalue weighted by Gasteiger charge is 2.10. The number of carbonyl (C=O) groups is 2. The smallest absolute Gasteiger partial charge is 0.356 e. The minimum atomic E-state index is -0.501. The van der Waals surface area contributed by atoms with Crippen LogP contribution in [-0.2, 0) is 4.74 Å². The fourth-order valence-electron chi connectivity index (χ4n) is 1.34. The summed E-state index contributed by atoms with van der Waals surface area (Å²) in [5.74, 6) is -0.501. The molecule has 2 aromatic heterocycles. The minimum absolute atomic E-state index is 0.212. The van der Waals surface area contributed by atoms with E-state index in [4.69, 9.17) is 0 Å². The van der Waals surface area contributed by atoms with E-state index in [2.05, 4.69) is 14.7 Å². The Balaban J connectivity index is 2.58. The predicted molar refractivity (Wildman–Crippen MR) is 52.8 cm³/mol. The van der Waals surface area contributed by atoms with Crippen LogP contribution in [0, 0.1) is 0 Å². The average molecular weight is 204 g/mol. The highest BCUT2D eigenvalue weighted by molar-refractivity contribution is 5.97. The first-order valence-corrected chi connectivity index (χ1v) is 4.28. The quantitative estimate of drug-likeness (QED) is 0.588. The van der Waals surface area contributed by atoms with Crippen molar-refractivity contribution in [3.8, 4) is 0 Å². The number of ether oxygens (including phenoxy) is 1. The summed E-state index contributed by atoms with van der Waals surface area (Å²) in [4.78, 5) is 28.6. The summed E-state index contributed by atoms with van der Waals surface area (Å²) in [6.07, 6.45) is 2.28. The lowest BCUT2D eigenvalue weighted by Crippen LogP contribution is -2.03. The van der Waals surface area contributed by atoms with Crippen LogP contribution in [0.15, 0.2) is 18.3 Å². The van der Waals surface area contributed by atoms with Gasteiger partial charge in [-0.05, 0) is 12.1 Å².